The minimum Gasteiger partial charge on any atom is -0.309 e. The van der Waals surface area contributed by atoms with Gasteiger partial charge in [0, 0.05) is 0 Å². The highest BCUT2D eigenvalue weighted by Gasteiger charge is 2.22. The van der Waals surface area contributed by atoms with Crippen molar-refractivity contribution in [2.75, 3.05) is 19.8 Å². The van der Waals surface area contributed by atoms with E-state index in [1.54, 1.807) is 0 Å². The average Bonchev–Trinajstić information content (AvgIpc) is 1.85. The Balaban J connectivity index is 3.96. The minimum absolute atomic E-state index is 1.15. The van der Waals surface area contributed by atoms with Gasteiger partial charge in [0.05, 0.1) is 8.07 Å². The Morgan fingerprint density at radius 1 is 1.42 bits per heavy atom. The van der Waals surface area contributed by atoms with Gasteiger partial charge in [-0.15, -0.1) is 6.58 Å². The summed E-state index contributed by atoms with van der Waals surface area (Å²) in [5.74, 6) is 0. The smallest absolute Gasteiger partial charge is 0.0886 e. The van der Waals surface area contributed by atoms with Crippen LogP contribution in [0.2, 0.25) is 13.1 Å². The van der Waals surface area contributed by atoms with Crippen molar-refractivity contribution in [3.63, 3.8) is 0 Å². The summed E-state index contributed by atoms with van der Waals surface area (Å²) in [6, 6.07) is 0. The summed E-state index contributed by atoms with van der Waals surface area (Å²) in [6.07, 6.45) is 2.49. The van der Waals surface area contributed by atoms with Gasteiger partial charge in [-0.1, -0.05) is 25.2 Å². The van der Waals surface area contributed by atoms with Crippen molar-refractivity contribution in [1.82, 2.24) is 4.90 Å². The Morgan fingerprint density at radius 3 is 2.25 bits per heavy atom. The zero-order valence-corrected chi connectivity index (χ0v) is 10.3. The lowest BCUT2D eigenvalue weighted by Crippen LogP contribution is -2.42. The van der Waals surface area contributed by atoms with Gasteiger partial charge in [0.25, 0.3) is 0 Å². The second kappa shape index (κ2) is 4.82. The van der Waals surface area contributed by atoms with Crippen LogP contribution in [0.1, 0.15) is 20.3 Å². The molecule has 1 nitrogen and oxygen atoms in total. The number of hydrogen-bond donors (Lipinski definition) is 0. The van der Waals surface area contributed by atoms with Gasteiger partial charge in [0.15, 0.2) is 0 Å². The molecular weight excluding hydrogens is 162 g/mol. The van der Waals surface area contributed by atoms with Crippen molar-refractivity contribution in [3.8, 4) is 0 Å². The molecule has 0 N–H and O–H groups in total. The normalized spacial score (nSPS) is 12.2. The summed E-state index contributed by atoms with van der Waals surface area (Å²) in [5.41, 5.74) is 0. The fourth-order valence-corrected chi connectivity index (χ4v) is 3.05. The summed E-state index contributed by atoms with van der Waals surface area (Å²) < 4.78 is 0. The largest absolute Gasteiger partial charge is 0.309 e. The van der Waals surface area contributed by atoms with E-state index in [-0.39, 0.29) is 0 Å². The van der Waals surface area contributed by atoms with Crippen LogP contribution in [0, 0.1) is 0 Å². The van der Waals surface area contributed by atoms with Crippen molar-refractivity contribution < 1.29 is 0 Å². The molecule has 0 saturated heterocycles. The Morgan fingerprint density at radius 2 is 1.92 bits per heavy atom. The van der Waals surface area contributed by atoms with Crippen LogP contribution in [-0.2, 0) is 0 Å². The van der Waals surface area contributed by atoms with Gasteiger partial charge in [-0.3, -0.25) is 0 Å². The summed E-state index contributed by atoms with van der Waals surface area (Å²) in [4.78, 5) is 2.43. The van der Waals surface area contributed by atoms with E-state index in [9.17, 15) is 0 Å². The summed E-state index contributed by atoms with van der Waals surface area (Å²) in [6.45, 7) is 14.5. The molecule has 0 atom stereocenters. The molecule has 0 rings (SSSR count). The maximum atomic E-state index is 4.08. The zero-order valence-electron chi connectivity index (χ0n) is 9.28. The molecule has 0 unspecified atom stereocenters. The van der Waals surface area contributed by atoms with E-state index < -0.39 is 8.07 Å². The first-order chi connectivity index (χ1) is 5.40. The molecule has 2 heteroatoms. The Labute approximate surface area is 78.5 Å². The Hall–Kier alpha value is -0.0831. The van der Waals surface area contributed by atoms with Gasteiger partial charge in [0.2, 0.25) is 0 Å². The van der Waals surface area contributed by atoms with E-state index in [4.69, 9.17) is 0 Å². The van der Waals surface area contributed by atoms with Crippen LogP contribution in [0.3, 0.4) is 0 Å². The maximum Gasteiger partial charge on any atom is 0.0886 e. The molecule has 0 fully saturated rings. The molecule has 12 heavy (non-hydrogen) atoms. The molecular formula is C10H23NSi. The number of hydrogen-bond acceptors (Lipinski definition) is 1. The second-order valence-electron chi connectivity index (χ2n) is 4.40. The van der Waals surface area contributed by atoms with E-state index in [1.165, 1.54) is 24.3 Å². The monoisotopic (exact) mass is 185 g/mol. The van der Waals surface area contributed by atoms with Crippen LogP contribution in [-0.4, -0.2) is 32.7 Å². The third-order valence-electron chi connectivity index (χ3n) is 2.43. The third kappa shape index (κ3) is 4.07. The zero-order chi connectivity index (χ0) is 9.78. The summed E-state index contributed by atoms with van der Waals surface area (Å²) in [7, 11) is 1.06. The molecule has 0 aromatic rings. The van der Waals surface area contributed by atoms with Crippen molar-refractivity contribution in [3.05, 3.63) is 11.8 Å². The van der Waals surface area contributed by atoms with Crippen LogP contribution in [0.15, 0.2) is 11.8 Å². The molecule has 0 radical (unpaired) electrons. The van der Waals surface area contributed by atoms with Crippen molar-refractivity contribution in [1.29, 1.82) is 0 Å². The lowest BCUT2D eigenvalue weighted by molar-refractivity contribution is 0.382. The van der Waals surface area contributed by atoms with Crippen LogP contribution < -0.4 is 0 Å². The lowest BCUT2D eigenvalue weighted by Gasteiger charge is -2.28. The first-order valence-corrected chi connectivity index (χ1v) is 7.95. The lowest BCUT2D eigenvalue weighted by atomic mass is 10.5. The van der Waals surface area contributed by atoms with E-state index in [0.29, 0.717) is 0 Å². The highest BCUT2D eigenvalue weighted by atomic mass is 28.3. The van der Waals surface area contributed by atoms with E-state index in [1.807, 2.05) is 0 Å². The van der Waals surface area contributed by atoms with Crippen LogP contribution in [0.5, 0.6) is 0 Å². The maximum absolute atomic E-state index is 4.08. The van der Waals surface area contributed by atoms with E-state index in [2.05, 4.69) is 45.5 Å². The molecule has 0 aromatic carbocycles. The van der Waals surface area contributed by atoms with Crippen LogP contribution in [0.4, 0.5) is 0 Å². The quantitative estimate of drug-likeness (QED) is 0.595. The van der Waals surface area contributed by atoms with Gasteiger partial charge in [-0.2, -0.15) is 0 Å². The van der Waals surface area contributed by atoms with Crippen molar-refractivity contribution in [2.45, 2.75) is 33.4 Å². The molecule has 72 valence electrons. The first kappa shape index (κ1) is 11.9. The standard InChI is InChI=1S/C10H23NSi/c1-7-8-11(4)9-12(5,6)10(2)3/h2,7-9H2,1,3-6H3. The highest BCUT2D eigenvalue weighted by molar-refractivity contribution is 6.84. The molecule has 0 aliphatic rings. The molecule has 0 bridgehead atoms. The Bertz CT molecular complexity index is 152. The van der Waals surface area contributed by atoms with Gasteiger partial charge < -0.3 is 4.90 Å². The number of rotatable bonds is 5. The Kier molecular flexibility index (Phi) is 4.79. The van der Waals surface area contributed by atoms with Gasteiger partial charge in [0.1, 0.15) is 0 Å². The number of nitrogens with zero attached hydrogens (tertiary/aromatic N) is 1. The molecule has 0 aromatic heterocycles. The van der Waals surface area contributed by atoms with Gasteiger partial charge >= 0.3 is 0 Å². The predicted octanol–water partition coefficient (Wildman–Crippen LogP) is 2.69. The van der Waals surface area contributed by atoms with E-state index >= 15 is 0 Å². The fourth-order valence-electron chi connectivity index (χ4n) is 1.27. The van der Waals surface area contributed by atoms with Crippen LogP contribution >= 0.6 is 0 Å². The molecule has 0 spiro atoms. The topological polar surface area (TPSA) is 3.24 Å². The molecule has 0 heterocycles. The molecule has 0 aliphatic heterocycles. The van der Waals surface area contributed by atoms with E-state index in [0.717, 1.165) is 0 Å². The SMILES string of the molecule is C=C(C)[Si](C)(C)CN(C)CCC. The fraction of sp³-hybridized carbons (Fsp3) is 0.800. The van der Waals surface area contributed by atoms with Gasteiger partial charge in [-0.05, 0) is 33.1 Å². The summed E-state index contributed by atoms with van der Waals surface area (Å²) in [5, 5.41) is 1.41. The van der Waals surface area contributed by atoms with Crippen molar-refractivity contribution in [2.24, 2.45) is 0 Å². The van der Waals surface area contributed by atoms with Crippen LogP contribution in [0.25, 0.3) is 0 Å². The third-order valence-corrected chi connectivity index (χ3v) is 6.07. The molecule has 0 saturated carbocycles. The second-order valence-corrected chi connectivity index (χ2v) is 9.34. The molecule has 0 aliphatic carbocycles. The first-order valence-electron chi connectivity index (χ1n) is 4.74. The number of allylic oxidation sites excluding steroid dienone is 1. The average molecular weight is 185 g/mol. The van der Waals surface area contributed by atoms with Gasteiger partial charge in [-0.25, -0.2) is 0 Å². The summed E-state index contributed by atoms with van der Waals surface area (Å²) >= 11 is 0. The highest BCUT2D eigenvalue weighted by Crippen LogP contribution is 2.13. The predicted molar refractivity (Wildman–Crippen MR) is 60.1 cm³/mol. The minimum atomic E-state index is -1.15. The van der Waals surface area contributed by atoms with Crippen molar-refractivity contribution >= 4 is 8.07 Å². The molecule has 0 amide bonds.